The van der Waals surface area contributed by atoms with Gasteiger partial charge in [0.1, 0.15) is 0 Å². The van der Waals surface area contributed by atoms with E-state index in [0.29, 0.717) is 23.7 Å². The quantitative estimate of drug-likeness (QED) is 0.442. The van der Waals surface area contributed by atoms with E-state index in [1.807, 2.05) is 0 Å². The Morgan fingerprint density at radius 3 is 1.21 bits per heavy atom. The Bertz CT molecular complexity index is 1050. The van der Waals surface area contributed by atoms with Gasteiger partial charge in [-0.25, -0.2) is 0 Å². The van der Waals surface area contributed by atoms with Crippen LogP contribution in [0, 0.1) is 34.5 Å². The van der Waals surface area contributed by atoms with Crippen LogP contribution in [0.3, 0.4) is 0 Å². The minimum Gasteiger partial charge on any atom is -0.0759 e. The minimum atomic E-state index is 0.126. The minimum absolute atomic E-state index is 0.126. The highest BCUT2D eigenvalue weighted by atomic mass is 14.5. The molecule has 0 spiro atoms. The summed E-state index contributed by atoms with van der Waals surface area (Å²) in [6, 6.07) is 22.0. The maximum absolute atomic E-state index is 2.66. The fraction of sp³-hybridized carbons (Fsp3) is 0.394. The normalized spacial score (nSPS) is 27.1. The lowest BCUT2D eigenvalue weighted by molar-refractivity contribution is 0.426. The van der Waals surface area contributed by atoms with Gasteiger partial charge in [-0.3, -0.25) is 0 Å². The van der Waals surface area contributed by atoms with E-state index < -0.39 is 0 Å². The Balaban J connectivity index is 1.60. The van der Waals surface area contributed by atoms with Crippen LogP contribution in [-0.4, -0.2) is 0 Å². The first kappa shape index (κ1) is 22.2. The van der Waals surface area contributed by atoms with Crippen molar-refractivity contribution in [1.82, 2.24) is 0 Å². The molecule has 0 nitrogen and oxygen atoms in total. The summed E-state index contributed by atoms with van der Waals surface area (Å²) >= 11 is 0. The van der Waals surface area contributed by atoms with Crippen LogP contribution >= 0.6 is 0 Å². The lowest BCUT2D eigenvalue weighted by Gasteiger charge is -2.36. The molecular formula is C33H38. The van der Waals surface area contributed by atoms with Crippen LogP contribution in [0.15, 0.2) is 96.1 Å². The third kappa shape index (κ3) is 4.10. The number of fused-ring (bicyclic) bond motifs is 3. The van der Waals surface area contributed by atoms with Gasteiger partial charge in [0, 0.05) is 0 Å². The molecule has 0 N–H and O–H groups in total. The number of hydrogen-bond donors (Lipinski definition) is 0. The summed E-state index contributed by atoms with van der Waals surface area (Å²) < 4.78 is 0. The van der Waals surface area contributed by atoms with Crippen LogP contribution in [0.5, 0.6) is 0 Å². The van der Waals surface area contributed by atoms with Gasteiger partial charge in [0.25, 0.3) is 0 Å². The van der Waals surface area contributed by atoms with E-state index in [-0.39, 0.29) is 10.8 Å². The standard InChI is InChI=1S/C33H38/c1-32(2,3)30-20-26-24(18-28(30)22-13-9-7-10-14-22)17-25-19-29(23-15-11-8-12-16-23)31(21-27(25)26)33(4,5)6/h7-16,18-21,24-27H,17H2,1-6H3. The molecule has 2 aromatic carbocycles. The highest BCUT2D eigenvalue weighted by Crippen LogP contribution is 2.56. The monoisotopic (exact) mass is 434 g/mol. The Morgan fingerprint density at radius 1 is 0.515 bits per heavy atom. The van der Waals surface area contributed by atoms with Gasteiger partial charge in [-0.1, -0.05) is 127 Å². The first-order valence-electron chi connectivity index (χ1n) is 12.6. The van der Waals surface area contributed by atoms with Gasteiger partial charge in [-0.15, -0.1) is 0 Å². The van der Waals surface area contributed by atoms with E-state index in [2.05, 4.69) is 127 Å². The molecular weight excluding hydrogens is 396 g/mol. The molecule has 0 heterocycles. The summed E-state index contributed by atoms with van der Waals surface area (Å²) in [6.45, 7) is 14.2. The topological polar surface area (TPSA) is 0 Å². The molecule has 3 aliphatic rings. The molecule has 0 saturated heterocycles. The van der Waals surface area contributed by atoms with Gasteiger partial charge in [-0.05, 0) is 74.3 Å². The molecule has 0 aromatic heterocycles. The molecule has 33 heavy (non-hydrogen) atoms. The second kappa shape index (κ2) is 8.01. The molecule has 0 aliphatic heterocycles. The Kier molecular flexibility index (Phi) is 5.39. The summed E-state index contributed by atoms with van der Waals surface area (Å²) in [4.78, 5) is 0. The van der Waals surface area contributed by atoms with Crippen molar-refractivity contribution in [3.8, 4) is 0 Å². The maximum Gasteiger partial charge on any atom is -0.00949 e. The van der Waals surface area contributed by atoms with Crippen molar-refractivity contribution in [3.05, 3.63) is 107 Å². The molecule has 5 rings (SSSR count). The zero-order chi connectivity index (χ0) is 23.4. The van der Waals surface area contributed by atoms with E-state index in [1.54, 1.807) is 0 Å². The molecule has 1 fully saturated rings. The Labute approximate surface area is 200 Å². The number of allylic oxidation sites excluding steroid dienone is 8. The molecule has 0 heteroatoms. The van der Waals surface area contributed by atoms with E-state index >= 15 is 0 Å². The van der Waals surface area contributed by atoms with Crippen molar-refractivity contribution >= 4 is 11.1 Å². The summed E-state index contributed by atoms with van der Waals surface area (Å²) in [5, 5.41) is 0. The van der Waals surface area contributed by atoms with Crippen LogP contribution in [0.1, 0.15) is 59.1 Å². The molecule has 0 bridgehead atoms. The van der Waals surface area contributed by atoms with Crippen molar-refractivity contribution < 1.29 is 0 Å². The van der Waals surface area contributed by atoms with Crippen molar-refractivity contribution in [2.45, 2.75) is 48.0 Å². The summed E-state index contributed by atoms with van der Waals surface area (Å²) in [7, 11) is 0. The zero-order valence-electron chi connectivity index (χ0n) is 21.1. The van der Waals surface area contributed by atoms with Crippen LogP contribution in [0.2, 0.25) is 0 Å². The SMILES string of the molecule is CC(C)(C)C1=CC2C(C=C1c1ccccc1)CC1C=C(c3ccccc3)C(C(C)(C)C)=CC12. The Morgan fingerprint density at radius 2 is 0.879 bits per heavy atom. The third-order valence-corrected chi connectivity index (χ3v) is 7.82. The van der Waals surface area contributed by atoms with Crippen LogP contribution in [0.25, 0.3) is 11.1 Å². The number of hydrogen-bond acceptors (Lipinski definition) is 0. The van der Waals surface area contributed by atoms with Gasteiger partial charge in [0.15, 0.2) is 0 Å². The predicted molar refractivity (Wildman–Crippen MR) is 142 cm³/mol. The summed E-state index contributed by atoms with van der Waals surface area (Å²) in [5.41, 5.74) is 8.91. The lowest BCUT2D eigenvalue weighted by atomic mass is 9.68. The van der Waals surface area contributed by atoms with Gasteiger partial charge in [0.05, 0.1) is 0 Å². The van der Waals surface area contributed by atoms with E-state index in [9.17, 15) is 0 Å². The molecule has 2 aromatic rings. The van der Waals surface area contributed by atoms with Crippen molar-refractivity contribution in [2.24, 2.45) is 34.5 Å². The first-order chi connectivity index (χ1) is 15.6. The van der Waals surface area contributed by atoms with Crippen molar-refractivity contribution in [3.63, 3.8) is 0 Å². The average molecular weight is 435 g/mol. The second-order valence-corrected chi connectivity index (χ2v) is 12.3. The fourth-order valence-corrected chi connectivity index (χ4v) is 6.25. The Hall–Kier alpha value is -2.60. The molecule has 0 amide bonds. The average Bonchev–Trinajstić information content (AvgIpc) is 3.14. The first-order valence-corrected chi connectivity index (χ1v) is 12.6. The van der Waals surface area contributed by atoms with Crippen molar-refractivity contribution in [1.29, 1.82) is 0 Å². The van der Waals surface area contributed by atoms with Gasteiger partial charge >= 0.3 is 0 Å². The van der Waals surface area contributed by atoms with Gasteiger partial charge in [0.2, 0.25) is 0 Å². The summed E-state index contributed by atoms with van der Waals surface area (Å²) in [5.74, 6) is 2.38. The van der Waals surface area contributed by atoms with Crippen LogP contribution < -0.4 is 0 Å². The third-order valence-electron chi connectivity index (χ3n) is 7.82. The molecule has 4 unspecified atom stereocenters. The second-order valence-electron chi connectivity index (χ2n) is 12.3. The predicted octanol–water partition coefficient (Wildman–Crippen LogP) is 8.99. The molecule has 1 saturated carbocycles. The largest absolute Gasteiger partial charge is 0.0759 e. The van der Waals surface area contributed by atoms with Crippen LogP contribution in [0.4, 0.5) is 0 Å². The van der Waals surface area contributed by atoms with E-state index in [0.717, 1.165) is 0 Å². The summed E-state index contributed by atoms with van der Waals surface area (Å²) in [6.07, 6.45) is 11.8. The molecule has 3 aliphatic carbocycles. The van der Waals surface area contributed by atoms with Crippen molar-refractivity contribution in [2.75, 3.05) is 0 Å². The smallest absolute Gasteiger partial charge is 0.00949 e. The van der Waals surface area contributed by atoms with Gasteiger partial charge in [-0.2, -0.15) is 0 Å². The maximum atomic E-state index is 2.66. The lowest BCUT2D eigenvalue weighted by Crippen LogP contribution is -2.24. The molecule has 0 radical (unpaired) electrons. The number of benzene rings is 2. The highest BCUT2D eigenvalue weighted by Gasteiger charge is 2.45. The van der Waals surface area contributed by atoms with E-state index in [1.165, 1.54) is 39.8 Å². The van der Waals surface area contributed by atoms with Gasteiger partial charge < -0.3 is 0 Å². The molecule has 4 atom stereocenters. The zero-order valence-corrected chi connectivity index (χ0v) is 21.1. The number of rotatable bonds is 2. The highest BCUT2D eigenvalue weighted by molar-refractivity contribution is 5.83. The van der Waals surface area contributed by atoms with Crippen LogP contribution in [-0.2, 0) is 0 Å². The van der Waals surface area contributed by atoms with E-state index in [4.69, 9.17) is 0 Å². The molecule has 170 valence electrons. The fourth-order valence-electron chi connectivity index (χ4n) is 6.25.